The molecule has 1 aliphatic heterocycles. The van der Waals surface area contributed by atoms with Crippen molar-refractivity contribution in [1.82, 2.24) is 19.9 Å². The zero-order valence-corrected chi connectivity index (χ0v) is 17.8. The molecule has 0 unspecified atom stereocenters. The molecule has 0 atom stereocenters. The predicted molar refractivity (Wildman–Crippen MR) is 123 cm³/mol. The molecular formula is C24H22N6O2. The molecule has 5 rings (SSSR count). The number of methoxy groups -OCH3 is 1. The maximum atomic E-state index is 5.76. The maximum Gasteiger partial charge on any atom is 0.230 e. The summed E-state index contributed by atoms with van der Waals surface area (Å²) in [5.41, 5.74) is 3.87. The second-order valence-electron chi connectivity index (χ2n) is 7.28. The molecule has 3 aromatic heterocycles. The van der Waals surface area contributed by atoms with Crippen LogP contribution < -0.4 is 19.7 Å². The lowest BCUT2D eigenvalue weighted by Gasteiger charge is -2.30. The van der Waals surface area contributed by atoms with E-state index in [2.05, 4.69) is 37.3 Å². The van der Waals surface area contributed by atoms with Crippen LogP contribution in [-0.4, -0.2) is 40.2 Å². The first-order chi connectivity index (χ1) is 15.7. The zero-order chi connectivity index (χ0) is 21.9. The first kappa shape index (κ1) is 19.7. The molecule has 0 bridgehead atoms. The molecule has 1 N–H and O–H groups in total. The van der Waals surface area contributed by atoms with Gasteiger partial charge in [0.05, 0.1) is 19.9 Å². The Morgan fingerprint density at radius 3 is 2.72 bits per heavy atom. The van der Waals surface area contributed by atoms with Crippen LogP contribution in [0.2, 0.25) is 0 Å². The highest BCUT2D eigenvalue weighted by Crippen LogP contribution is 2.35. The van der Waals surface area contributed by atoms with Crippen molar-refractivity contribution in [2.24, 2.45) is 0 Å². The molecule has 0 saturated carbocycles. The summed E-state index contributed by atoms with van der Waals surface area (Å²) in [7, 11) is 1.61. The minimum absolute atomic E-state index is 0.428. The number of nitrogens with zero attached hydrogens (tertiary/aromatic N) is 5. The van der Waals surface area contributed by atoms with E-state index in [-0.39, 0.29) is 0 Å². The van der Waals surface area contributed by atoms with Crippen LogP contribution in [0.1, 0.15) is 5.69 Å². The van der Waals surface area contributed by atoms with Crippen LogP contribution in [0.4, 0.5) is 23.3 Å². The van der Waals surface area contributed by atoms with Gasteiger partial charge in [-0.2, -0.15) is 9.97 Å². The van der Waals surface area contributed by atoms with E-state index in [1.807, 2.05) is 49.4 Å². The van der Waals surface area contributed by atoms with E-state index >= 15 is 0 Å². The van der Waals surface area contributed by atoms with E-state index in [0.717, 1.165) is 28.3 Å². The lowest BCUT2D eigenvalue weighted by molar-refractivity contribution is 0.310. The topological polar surface area (TPSA) is 85.3 Å². The molecule has 4 aromatic rings. The molecule has 32 heavy (non-hydrogen) atoms. The highest BCUT2D eigenvalue weighted by Gasteiger charge is 2.22. The quantitative estimate of drug-likeness (QED) is 0.498. The monoisotopic (exact) mass is 426 g/mol. The lowest BCUT2D eigenvalue weighted by atomic mass is 10.1. The van der Waals surface area contributed by atoms with Crippen molar-refractivity contribution in [2.75, 3.05) is 30.5 Å². The van der Waals surface area contributed by atoms with Crippen molar-refractivity contribution >= 4 is 23.3 Å². The summed E-state index contributed by atoms with van der Waals surface area (Å²) in [4.78, 5) is 20.1. The Hall–Kier alpha value is -4.20. The first-order valence-electron chi connectivity index (χ1n) is 10.3. The summed E-state index contributed by atoms with van der Waals surface area (Å²) >= 11 is 0. The van der Waals surface area contributed by atoms with Gasteiger partial charge < -0.3 is 19.7 Å². The smallest absolute Gasteiger partial charge is 0.230 e. The molecule has 4 heterocycles. The fraction of sp³-hybridized carbons (Fsp3) is 0.167. The van der Waals surface area contributed by atoms with E-state index < -0.39 is 0 Å². The summed E-state index contributed by atoms with van der Waals surface area (Å²) < 4.78 is 11.3. The summed E-state index contributed by atoms with van der Waals surface area (Å²) in [5, 5.41) is 3.18. The summed E-state index contributed by atoms with van der Waals surface area (Å²) in [6.07, 6.45) is 3.46. The van der Waals surface area contributed by atoms with Crippen LogP contribution in [0, 0.1) is 6.92 Å². The van der Waals surface area contributed by atoms with Gasteiger partial charge in [0.1, 0.15) is 12.4 Å². The SMILES string of the molecule is COc1nc(Nc2ncc3c(n2)N(c2ccccc2)CCO3)ccc1-c1ccnc(C)c1. The molecule has 0 saturated heterocycles. The van der Waals surface area contributed by atoms with Crippen LogP contribution in [0.5, 0.6) is 11.6 Å². The van der Waals surface area contributed by atoms with E-state index in [1.165, 1.54) is 0 Å². The molecule has 0 amide bonds. The number of aryl methyl sites for hydroxylation is 1. The standard InChI is InChI=1S/C24H22N6O2/c1-16-14-17(10-11-25-16)19-8-9-21(27-23(19)31-2)28-24-26-15-20-22(29-24)30(12-13-32-20)18-6-4-3-5-7-18/h3-11,14-15H,12-13H2,1-2H3,(H,26,27,28,29). The van der Waals surface area contributed by atoms with Gasteiger partial charge in [0.2, 0.25) is 11.8 Å². The van der Waals surface area contributed by atoms with Crippen LogP contribution in [0.15, 0.2) is 67.0 Å². The Morgan fingerprint density at radius 2 is 1.91 bits per heavy atom. The second-order valence-corrected chi connectivity index (χ2v) is 7.28. The summed E-state index contributed by atoms with van der Waals surface area (Å²) in [6, 6.07) is 17.9. The molecule has 0 radical (unpaired) electrons. The van der Waals surface area contributed by atoms with Crippen LogP contribution >= 0.6 is 0 Å². The fourth-order valence-corrected chi connectivity index (χ4v) is 3.64. The molecule has 0 fully saturated rings. The number of hydrogen-bond donors (Lipinski definition) is 1. The molecule has 0 spiro atoms. The van der Waals surface area contributed by atoms with Gasteiger partial charge in [0.25, 0.3) is 0 Å². The van der Waals surface area contributed by atoms with Gasteiger partial charge in [0.15, 0.2) is 11.6 Å². The first-order valence-corrected chi connectivity index (χ1v) is 10.3. The summed E-state index contributed by atoms with van der Waals surface area (Å²) in [5.74, 6) is 2.89. The van der Waals surface area contributed by atoms with Crippen molar-refractivity contribution in [3.8, 4) is 22.8 Å². The van der Waals surface area contributed by atoms with Gasteiger partial charge in [-0.05, 0) is 48.9 Å². The zero-order valence-electron chi connectivity index (χ0n) is 17.8. The van der Waals surface area contributed by atoms with Gasteiger partial charge in [-0.15, -0.1) is 0 Å². The predicted octanol–water partition coefficient (Wildman–Crippen LogP) is 4.52. The average molecular weight is 426 g/mol. The van der Waals surface area contributed by atoms with Gasteiger partial charge in [-0.25, -0.2) is 4.98 Å². The fourth-order valence-electron chi connectivity index (χ4n) is 3.64. The van der Waals surface area contributed by atoms with Crippen molar-refractivity contribution < 1.29 is 9.47 Å². The van der Waals surface area contributed by atoms with E-state index in [0.29, 0.717) is 36.5 Å². The Kier molecular flexibility index (Phi) is 5.25. The molecule has 160 valence electrons. The third-order valence-electron chi connectivity index (χ3n) is 5.13. The number of anilines is 4. The molecule has 0 aliphatic carbocycles. The lowest BCUT2D eigenvalue weighted by Crippen LogP contribution is -2.29. The molecule has 1 aromatic carbocycles. The Bertz CT molecular complexity index is 1250. The van der Waals surface area contributed by atoms with Gasteiger partial charge in [0, 0.05) is 23.1 Å². The molecular weight excluding hydrogens is 404 g/mol. The molecule has 8 nitrogen and oxygen atoms in total. The Balaban J connectivity index is 1.45. The number of para-hydroxylation sites is 1. The third kappa shape index (κ3) is 3.90. The van der Waals surface area contributed by atoms with E-state index in [1.54, 1.807) is 19.5 Å². The Morgan fingerprint density at radius 1 is 1.03 bits per heavy atom. The number of rotatable bonds is 5. The number of hydrogen-bond acceptors (Lipinski definition) is 8. The Labute approximate surface area is 185 Å². The molecule has 1 aliphatic rings. The number of pyridine rings is 2. The maximum absolute atomic E-state index is 5.76. The normalized spacial score (nSPS) is 12.6. The third-order valence-corrected chi connectivity index (χ3v) is 5.13. The highest BCUT2D eigenvalue weighted by molar-refractivity contribution is 5.71. The highest BCUT2D eigenvalue weighted by atomic mass is 16.5. The largest absolute Gasteiger partial charge is 0.486 e. The van der Waals surface area contributed by atoms with Crippen molar-refractivity contribution in [2.45, 2.75) is 6.92 Å². The number of ether oxygens (including phenoxy) is 2. The second kappa shape index (κ2) is 8.50. The number of benzene rings is 1. The van der Waals surface area contributed by atoms with Crippen molar-refractivity contribution in [1.29, 1.82) is 0 Å². The average Bonchev–Trinajstić information content (AvgIpc) is 2.84. The van der Waals surface area contributed by atoms with Crippen LogP contribution in [0.25, 0.3) is 11.1 Å². The number of aromatic nitrogens is 4. The van der Waals surface area contributed by atoms with Crippen LogP contribution in [0.3, 0.4) is 0 Å². The minimum Gasteiger partial charge on any atom is -0.486 e. The summed E-state index contributed by atoms with van der Waals surface area (Å²) in [6.45, 7) is 3.24. The minimum atomic E-state index is 0.428. The number of fused-ring (bicyclic) bond motifs is 1. The van der Waals surface area contributed by atoms with E-state index in [9.17, 15) is 0 Å². The molecule has 8 heteroatoms. The van der Waals surface area contributed by atoms with Crippen molar-refractivity contribution in [3.63, 3.8) is 0 Å². The van der Waals surface area contributed by atoms with Crippen LogP contribution in [-0.2, 0) is 0 Å². The van der Waals surface area contributed by atoms with Gasteiger partial charge >= 0.3 is 0 Å². The van der Waals surface area contributed by atoms with E-state index in [4.69, 9.17) is 14.5 Å². The van der Waals surface area contributed by atoms with Gasteiger partial charge in [-0.3, -0.25) is 4.98 Å². The number of nitrogens with one attached hydrogen (secondary N) is 1. The van der Waals surface area contributed by atoms with Crippen molar-refractivity contribution in [3.05, 3.63) is 72.7 Å². The van der Waals surface area contributed by atoms with Gasteiger partial charge in [-0.1, -0.05) is 18.2 Å².